The molecule has 22 heavy (non-hydrogen) atoms. The van der Waals surface area contributed by atoms with Crippen LogP contribution in [0.15, 0.2) is 42.5 Å². The van der Waals surface area contributed by atoms with Crippen LogP contribution in [0.2, 0.25) is 0 Å². The van der Waals surface area contributed by atoms with Gasteiger partial charge < -0.3 is 10.2 Å². The summed E-state index contributed by atoms with van der Waals surface area (Å²) in [4.78, 5) is 14.4. The molecule has 1 aliphatic heterocycles. The van der Waals surface area contributed by atoms with Crippen LogP contribution in [0.4, 0.5) is 14.5 Å². The molecule has 3 nitrogen and oxygen atoms in total. The lowest BCUT2D eigenvalue weighted by atomic mass is 10.0. The van der Waals surface area contributed by atoms with Gasteiger partial charge >= 0.3 is 0 Å². The van der Waals surface area contributed by atoms with Gasteiger partial charge in [-0.05, 0) is 37.1 Å². The van der Waals surface area contributed by atoms with Gasteiger partial charge in [0, 0.05) is 23.4 Å². The third kappa shape index (κ3) is 2.04. The van der Waals surface area contributed by atoms with Crippen molar-refractivity contribution in [2.75, 3.05) is 5.32 Å². The number of hydrogen-bond donors (Lipinski definition) is 1. The first kappa shape index (κ1) is 13.2. The Hall–Kier alpha value is -2.43. The quantitative estimate of drug-likeness (QED) is 0.917. The van der Waals surface area contributed by atoms with Gasteiger partial charge in [-0.25, -0.2) is 8.78 Å². The van der Waals surface area contributed by atoms with Gasteiger partial charge in [-0.1, -0.05) is 12.1 Å². The molecule has 1 fully saturated rings. The van der Waals surface area contributed by atoms with E-state index in [4.69, 9.17) is 0 Å². The zero-order valence-corrected chi connectivity index (χ0v) is 11.7. The highest BCUT2D eigenvalue weighted by atomic mass is 19.1. The Labute approximate surface area is 126 Å². The average Bonchev–Trinajstić information content (AvgIpc) is 3.32. The maximum atomic E-state index is 14.2. The highest BCUT2D eigenvalue weighted by Gasteiger charge is 2.42. The minimum Gasteiger partial charge on any atom is -0.361 e. The van der Waals surface area contributed by atoms with E-state index in [1.165, 1.54) is 12.1 Å². The molecule has 0 saturated heterocycles. The predicted octanol–water partition coefficient (Wildman–Crippen LogP) is 3.69. The van der Waals surface area contributed by atoms with Crippen LogP contribution in [0.3, 0.4) is 0 Å². The van der Waals surface area contributed by atoms with Crippen molar-refractivity contribution >= 4 is 11.6 Å². The zero-order valence-electron chi connectivity index (χ0n) is 11.7. The lowest BCUT2D eigenvalue weighted by Gasteiger charge is -2.38. The molecule has 2 aliphatic rings. The minimum absolute atomic E-state index is 0.106. The third-order valence-electron chi connectivity index (χ3n) is 4.16. The molecular weight excluding hydrogens is 286 g/mol. The molecule has 5 heteroatoms. The van der Waals surface area contributed by atoms with Crippen LogP contribution < -0.4 is 5.32 Å². The van der Waals surface area contributed by atoms with Crippen LogP contribution in [-0.4, -0.2) is 16.8 Å². The van der Waals surface area contributed by atoms with E-state index in [9.17, 15) is 13.6 Å². The number of carbonyl (C=O) groups is 1. The lowest BCUT2D eigenvalue weighted by Crippen LogP contribution is -2.44. The maximum Gasteiger partial charge on any atom is 0.258 e. The summed E-state index contributed by atoms with van der Waals surface area (Å²) in [6.45, 7) is 0. The van der Waals surface area contributed by atoms with Gasteiger partial charge in [0.15, 0.2) is 0 Å². The third-order valence-corrected chi connectivity index (χ3v) is 4.16. The molecule has 1 unspecified atom stereocenters. The van der Waals surface area contributed by atoms with E-state index in [-0.39, 0.29) is 17.5 Å². The molecule has 1 N–H and O–H groups in total. The highest BCUT2D eigenvalue weighted by Crippen LogP contribution is 2.41. The summed E-state index contributed by atoms with van der Waals surface area (Å²) in [5.74, 6) is -1.37. The summed E-state index contributed by atoms with van der Waals surface area (Å²) in [6, 6.07) is 10.8. The highest BCUT2D eigenvalue weighted by molar-refractivity contribution is 6.02. The molecule has 4 rings (SSSR count). The van der Waals surface area contributed by atoms with Crippen molar-refractivity contribution in [1.82, 2.24) is 4.90 Å². The maximum absolute atomic E-state index is 14.2. The van der Waals surface area contributed by atoms with Crippen LogP contribution in [0.5, 0.6) is 0 Å². The monoisotopic (exact) mass is 300 g/mol. The number of halogens is 2. The van der Waals surface area contributed by atoms with Gasteiger partial charge in [0.2, 0.25) is 0 Å². The van der Waals surface area contributed by atoms with E-state index in [0.29, 0.717) is 11.3 Å². The van der Waals surface area contributed by atoms with Crippen LogP contribution in [0, 0.1) is 11.6 Å². The first-order valence-corrected chi connectivity index (χ1v) is 7.28. The fraction of sp³-hybridized carbons (Fsp3) is 0.235. The van der Waals surface area contributed by atoms with Gasteiger partial charge in [0.05, 0.1) is 5.56 Å². The van der Waals surface area contributed by atoms with Crippen molar-refractivity contribution in [1.29, 1.82) is 0 Å². The molecule has 2 aromatic carbocycles. The molecule has 1 aliphatic carbocycles. The molecule has 0 aromatic heterocycles. The van der Waals surface area contributed by atoms with Crippen molar-refractivity contribution in [2.45, 2.75) is 25.0 Å². The number of amides is 1. The van der Waals surface area contributed by atoms with E-state index in [0.717, 1.165) is 18.9 Å². The van der Waals surface area contributed by atoms with Crippen molar-refractivity contribution in [3.63, 3.8) is 0 Å². The van der Waals surface area contributed by atoms with Gasteiger partial charge in [-0.2, -0.15) is 0 Å². The van der Waals surface area contributed by atoms with Crippen LogP contribution in [0.1, 0.15) is 34.9 Å². The first-order valence-electron chi connectivity index (χ1n) is 7.28. The van der Waals surface area contributed by atoms with Crippen LogP contribution in [-0.2, 0) is 0 Å². The van der Waals surface area contributed by atoms with Gasteiger partial charge in [-0.3, -0.25) is 4.79 Å². The first-order chi connectivity index (χ1) is 10.6. The van der Waals surface area contributed by atoms with E-state index >= 15 is 0 Å². The smallest absolute Gasteiger partial charge is 0.258 e. The Kier molecular flexibility index (Phi) is 2.89. The molecule has 0 spiro atoms. The number of carbonyl (C=O) groups excluding carboxylic acids is 1. The Bertz CT molecular complexity index is 758. The van der Waals surface area contributed by atoms with E-state index in [1.807, 2.05) is 12.1 Å². The summed E-state index contributed by atoms with van der Waals surface area (Å²) >= 11 is 0. The van der Waals surface area contributed by atoms with Crippen LogP contribution >= 0.6 is 0 Å². The summed E-state index contributed by atoms with van der Waals surface area (Å²) < 4.78 is 27.3. The number of fused-ring (bicyclic) bond motifs is 1. The van der Waals surface area contributed by atoms with Gasteiger partial charge in [0.25, 0.3) is 5.91 Å². The fourth-order valence-corrected chi connectivity index (χ4v) is 2.95. The van der Waals surface area contributed by atoms with Crippen molar-refractivity contribution < 1.29 is 13.6 Å². The molecule has 1 heterocycles. The lowest BCUT2D eigenvalue weighted by molar-refractivity contribution is 0.0663. The van der Waals surface area contributed by atoms with E-state index < -0.39 is 17.8 Å². The fourth-order valence-electron chi connectivity index (χ4n) is 2.95. The van der Waals surface area contributed by atoms with Crippen molar-refractivity contribution in [3.05, 3.63) is 65.2 Å². The number of nitrogens with one attached hydrogen (secondary N) is 1. The molecule has 1 atom stereocenters. The SMILES string of the molecule is O=C1c2ccccc2NC(c2ccc(F)cc2F)N1C1CC1. The number of hydrogen-bond acceptors (Lipinski definition) is 2. The average molecular weight is 300 g/mol. The van der Waals surface area contributed by atoms with E-state index in [2.05, 4.69) is 5.32 Å². The second-order valence-electron chi connectivity index (χ2n) is 5.70. The van der Waals surface area contributed by atoms with Crippen LogP contribution in [0.25, 0.3) is 0 Å². The Balaban J connectivity index is 1.82. The number of anilines is 1. The molecular formula is C17H14F2N2O. The largest absolute Gasteiger partial charge is 0.361 e. The second kappa shape index (κ2) is 4.80. The molecule has 0 radical (unpaired) electrons. The molecule has 112 valence electrons. The van der Waals surface area contributed by atoms with Gasteiger partial charge in [-0.15, -0.1) is 0 Å². The summed E-state index contributed by atoms with van der Waals surface area (Å²) in [5, 5.41) is 3.22. The normalized spacial score (nSPS) is 20.5. The summed E-state index contributed by atoms with van der Waals surface area (Å²) in [7, 11) is 0. The topological polar surface area (TPSA) is 32.3 Å². The number of para-hydroxylation sites is 1. The minimum atomic E-state index is -0.643. The molecule has 1 amide bonds. The van der Waals surface area contributed by atoms with E-state index in [1.54, 1.807) is 17.0 Å². The number of benzene rings is 2. The summed E-state index contributed by atoms with van der Waals surface area (Å²) in [6.07, 6.45) is 1.22. The Morgan fingerprint density at radius 2 is 1.86 bits per heavy atom. The molecule has 2 aromatic rings. The van der Waals surface area contributed by atoms with Crippen molar-refractivity contribution in [2.24, 2.45) is 0 Å². The molecule has 0 bridgehead atoms. The second-order valence-corrected chi connectivity index (χ2v) is 5.70. The zero-order chi connectivity index (χ0) is 15.3. The molecule has 1 saturated carbocycles. The number of nitrogens with zero attached hydrogens (tertiary/aromatic N) is 1. The standard InChI is InChI=1S/C17H14F2N2O/c18-10-5-8-12(14(19)9-10)16-20-15-4-2-1-3-13(15)17(22)21(16)11-6-7-11/h1-5,8-9,11,16,20H,6-7H2. The number of rotatable bonds is 2. The van der Waals surface area contributed by atoms with Crippen molar-refractivity contribution in [3.8, 4) is 0 Å². The van der Waals surface area contributed by atoms with Gasteiger partial charge in [0.1, 0.15) is 17.8 Å². The Morgan fingerprint density at radius 3 is 2.59 bits per heavy atom. The summed E-state index contributed by atoms with van der Waals surface area (Å²) in [5.41, 5.74) is 1.56. The predicted molar refractivity (Wildman–Crippen MR) is 78.4 cm³/mol. The Morgan fingerprint density at radius 1 is 1.09 bits per heavy atom.